The van der Waals surface area contributed by atoms with Crippen molar-refractivity contribution in [1.82, 2.24) is 14.7 Å². The van der Waals surface area contributed by atoms with E-state index in [9.17, 15) is 19.2 Å². The standard InChI is InChI=1S/C25H31N3O6S/c1-26(17-24(31)34-3)22(29)15-21-25(32)27(12-10-18-6-8-19(33-2)9-7-18)16-23(30)28(21)13-11-20-5-4-14-35-20/h4-9,14,21H,10-13,15-17H2,1-3H3. The molecule has 2 aromatic rings. The third kappa shape index (κ3) is 7.05. The number of amides is 3. The number of carbonyl (C=O) groups excluding carboxylic acids is 4. The highest BCUT2D eigenvalue weighted by atomic mass is 32.1. The second kappa shape index (κ2) is 12.3. The van der Waals surface area contributed by atoms with E-state index < -0.39 is 17.9 Å². The molecule has 10 heteroatoms. The average Bonchev–Trinajstić information content (AvgIpc) is 3.38. The van der Waals surface area contributed by atoms with Crippen molar-refractivity contribution in [3.05, 3.63) is 52.2 Å². The van der Waals surface area contributed by atoms with Crippen LogP contribution < -0.4 is 4.74 Å². The minimum absolute atomic E-state index is 0.0257. The highest BCUT2D eigenvalue weighted by Crippen LogP contribution is 2.20. The Kier molecular flexibility index (Phi) is 9.25. The van der Waals surface area contributed by atoms with E-state index in [4.69, 9.17) is 4.74 Å². The van der Waals surface area contributed by atoms with Gasteiger partial charge in [0.1, 0.15) is 18.3 Å². The molecule has 0 N–H and O–H groups in total. The van der Waals surface area contributed by atoms with Crippen LogP contribution in [0, 0.1) is 0 Å². The normalized spacial score (nSPS) is 15.8. The summed E-state index contributed by atoms with van der Waals surface area (Å²) in [6, 6.07) is 10.5. The highest BCUT2D eigenvalue weighted by molar-refractivity contribution is 7.09. The van der Waals surface area contributed by atoms with Crippen LogP contribution in [0.25, 0.3) is 0 Å². The van der Waals surface area contributed by atoms with E-state index in [0.29, 0.717) is 25.9 Å². The zero-order valence-electron chi connectivity index (χ0n) is 20.3. The topological polar surface area (TPSA) is 96.5 Å². The van der Waals surface area contributed by atoms with Gasteiger partial charge in [-0.1, -0.05) is 18.2 Å². The van der Waals surface area contributed by atoms with E-state index in [-0.39, 0.29) is 31.3 Å². The number of rotatable bonds is 11. The first-order valence-corrected chi connectivity index (χ1v) is 12.2. The second-order valence-electron chi connectivity index (χ2n) is 8.32. The van der Waals surface area contributed by atoms with Gasteiger partial charge in [-0.05, 0) is 42.0 Å². The molecule has 1 aliphatic rings. The summed E-state index contributed by atoms with van der Waals surface area (Å²) < 4.78 is 9.81. The van der Waals surface area contributed by atoms with Gasteiger partial charge in [0.15, 0.2) is 0 Å². The molecular formula is C25H31N3O6S. The monoisotopic (exact) mass is 501 g/mol. The number of esters is 1. The summed E-state index contributed by atoms with van der Waals surface area (Å²) in [6.45, 7) is 0.455. The first-order valence-electron chi connectivity index (χ1n) is 11.4. The quantitative estimate of drug-likeness (QED) is 0.434. The number of hydrogen-bond donors (Lipinski definition) is 0. The summed E-state index contributed by atoms with van der Waals surface area (Å²) >= 11 is 1.58. The Morgan fingerprint density at radius 3 is 2.46 bits per heavy atom. The number of nitrogens with zero attached hydrogens (tertiary/aromatic N) is 3. The van der Waals surface area contributed by atoms with Gasteiger partial charge in [-0.15, -0.1) is 11.3 Å². The summed E-state index contributed by atoms with van der Waals surface area (Å²) in [5, 5.41) is 1.96. The lowest BCUT2D eigenvalue weighted by Gasteiger charge is -2.40. The number of piperazine rings is 1. The summed E-state index contributed by atoms with van der Waals surface area (Å²) in [6.07, 6.45) is 0.980. The minimum Gasteiger partial charge on any atom is -0.497 e. The largest absolute Gasteiger partial charge is 0.497 e. The third-order valence-electron chi connectivity index (χ3n) is 6.02. The van der Waals surface area contributed by atoms with E-state index in [1.54, 1.807) is 18.4 Å². The molecule has 1 unspecified atom stereocenters. The van der Waals surface area contributed by atoms with Gasteiger partial charge in [0.25, 0.3) is 0 Å². The zero-order chi connectivity index (χ0) is 25.4. The molecule has 1 aromatic heterocycles. The van der Waals surface area contributed by atoms with Crippen molar-refractivity contribution in [2.75, 3.05) is 47.4 Å². The fourth-order valence-corrected chi connectivity index (χ4v) is 4.62. The van der Waals surface area contributed by atoms with E-state index in [2.05, 4.69) is 4.74 Å². The molecule has 188 valence electrons. The van der Waals surface area contributed by atoms with Gasteiger partial charge in [-0.25, -0.2) is 0 Å². The maximum Gasteiger partial charge on any atom is 0.325 e. The lowest BCUT2D eigenvalue weighted by atomic mass is 10.0. The molecule has 0 aliphatic carbocycles. The van der Waals surface area contributed by atoms with E-state index in [0.717, 1.165) is 16.2 Å². The number of methoxy groups -OCH3 is 2. The van der Waals surface area contributed by atoms with Gasteiger partial charge in [-0.3, -0.25) is 19.2 Å². The molecule has 3 rings (SSSR count). The van der Waals surface area contributed by atoms with Crippen LogP contribution in [-0.2, 0) is 36.8 Å². The average molecular weight is 502 g/mol. The maximum absolute atomic E-state index is 13.5. The van der Waals surface area contributed by atoms with E-state index >= 15 is 0 Å². The number of likely N-dealkylation sites (N-methyl/N-ethyl adjacent to an activating group) is 1. The highest BCUT2D eigenvalue weighted by Gasteiger charge is 2.40. The van der Waals surface area contributed by atoms with Crippen molar-refractivity contribution in [2.24, 2.45) is 0 Å². The maximum atomic E-state index is 13.5. The molecule has 1 atom stereocenters. The summed E-state index contributed by atoms with van der Waals surface area (Å²) in [4.78, 5) is 56.3. The van der Waals surface area contributed by atoms with Crippen molar-refractivity contribution < 1.29 is 28.7 Å². The Morgan fingerprint density at radius 2 is 1.83 bits per heavy atom. The number of thiophene rings is 1. The van der Waals surface area contributed by atoms with Gasteiger partial charge in [0.05, 0.1) is 27.2 Å². The Labute approximate surface area is 209 Å². The molecule has 35 heavy (non-hydrogen) atoms. The fourth-order valence-electron chi connectivity index (χ4n) is 3.93. The van der Waals surface area contributed by atoms with E-state index in [1.165, 1.54) is 28.9 Å². The summed E-state index contributed by atoms with van der Waals surface area (Å²) in [5.41, 5.74) is 1.01. The molecule has 1 aromatic carbocycles. The van der Waals surface area contributed by atoms with Crippen LogP contribution in [0.2, 0.25) is 0 Å². The van der Waals surface area contributed by atoms with Crippen molar-refractivity contribution in [3.8, 4) is 5.75 Å². The SMILES string of the molecule is COC(=O)CN(C)C(=O)CC1C(=O)N(CCc2ccc(OC)cc2)CC(=O)N1CCc1cccs1. The third-order valence-corrected chi connectivity index (χ3v) is 6.95. The lowest BCUT2D eigenvalue weighted by molar-refractivity contribution is -0.158. The zero-order valence-corrected chi connectivity index (χ0v) is 21.1. The Hall–Kier alpha value is -3.40. The predicted octanol–water partition coefficient (Wildman–Crippen LogP) is 1.60. The molecule has 0 radical (unpaired) electrons. The number of hydrogen-bond acceptors (Lipinski definition) is 7. The molecule has 2 heterocycles. The van der Waals surface area contributed by atoms with Crippen LogP contribution in [0.4, 0.5) is 0 Å². The fraction of sp³-hybridized carbons (Fsp3) is 0.440. The number of benzene rings is 1. The van der Waals surface area contributed by atoms with Crippen LogP contribution in [-0.4, -0.2) is 91.9 Å². The lowest BCUT2D eigenvalue weighted by Crippen LogP contribution is -2.61. The van der Waals surface area contributed by atoms with Crippen LogP contribution in [0.3, 0.4) is 0 Å². The van der Waals surface area contributed by atoms with Crippen molar-refractivity contribution in [1.29, 1.82) is 0 Å². The number of ether oxygens (including phenoxy) is 2. The first-order chi connectivity index (χ1) is 16.8. The van der Waals surface area contributed by atoms with Crippen LogP contribution in [0.1, 0.15) is 16.9 Å². The Morgan fingerprint density at radius 1 is 1.09 bits per heavy atom. The van der Waals surface area contributed by atoms with Gasteiger partial charge in [-0.2, -0.15) is 0 Å². The molecule has 1 aliphatic heterocycles. The van der Waals surface area contributed by atoms with Gasteiger partial charge in [0, 0.05) is 25.0 Å². The van der Waals surface area contributed by atoms with Crippen molar-refractivity contribution in [3.63, 3.8) is 0 Å². The molecule has 0 spiro atoms. The smallest absolute Gasteiger partial charge is 0.325 e. The predicted molar refractivity (Wildman–Crippen MR) is 131 cm³/mol. The summed E-state index contributed by atoms with van der Waals surface area (Å²) in [7, 11) is 4.32. The van der Waals surface area contributed by atoms with Crippen LogP contribution in [0.5, 0.6) is 5.75 Å². The molecule has 0 saturated carbocycles. The van der Waals surface area contributed by atoms with Crippen LogP contribution in [0.15, 0.2) is 41.8 Å². The van der Waals surface area contributed by atoms with Crippen molar-refractivity contribution in [2.45, 2.75) is 25.3 Å². The van der Waals surface area contributed by atoms with Gasteiger partial charge in [0.2, 0.25) is 17.7 Å². The number of carbonyl (C=O) groups is 4. The molecular weight excluding hydrogens is 470 g/mol. The van der Waals surface area contributed by atoms with Crippen LogP contribution >= 0.6 is 11.3 Å². The first kappa shape index (κ1) is 26.2. The molecule has 0 bridgehead atoms. The van der Waals surface area contributed by atoms with Gasteiger partial charge >= 0.3 is 5.97 Å². The van der Waals surface area contributed by atoms with E-state index in [1.807, 2.05) is 41.8 Å². The molecule has 9 nitrogen and oxygen atoms in total. The Balaban J connectivity index is 1.72. The molecule has 1 saturated heterocycles. The second-order valence-corrected chi connectivity index (χ2v) is 9.35. The molecule has 3 amide bonds. The minimum atomic E-state index is -0.917. The summed E-state index contributed by atoms with van der Waals surface area (Å²) in [5.74, 6) is -0.662. The molecule has 1 fully saturated rings. The van der Waals surface area contributed by atoms with Gasteiger partial charge < -0.3 is 24.2 Å². The van der Waals surface area contributed by atoms with Crippen molar-refractivity contribution >= 4 is 35.0 Å². The Bertz CT molecular complexity index is 1020.